The summed E-state index contributed by atoms with van der Waals surface area (Å²) < 4.78 is 7.04. The summed E-state index contributed by atoms with van der Waals surface area (Å²) in [4.78, 5) is 10.6. The van der Waals surface area contributed by atoms with E-state index in [0.717, 1.165) is 19.3 Å². The molecule has 1 aromatic heterocycles. The Kier molecular flexibility index (Phi) is 4.03. The van der Waals surface area contributed by atoms with Crippen molar-refractivity contribution in [2.75, 3.05) is 6.61 Å². The highest BCUT2D eigenvalue weighted by Crippen LogP contribution is 2.17. The van der Waals surface area contributed by atoms with Crippen LogP contribution in [0.3, 0.4) is 0 Å². The fourth-order valence-corrected chi connectivity index (χ4v) is 2.13. The Bertz CT molecular complexity index is 542. The molecule has 1 heterocycles. The number of fused-ring (bicyclic) bond motifs is 1. The highest BCUT2D eigenvalue weighted by molar-refractivity contribution is 5.80. The Morgan fingerprint density at radius 1 is 1.28 bits per heavy atom. The molecule has 18 heavy (non-hydrogen) atoms. The molecule has 0 aliphatic rings. The molecule has 0 saturated heterocycles. The zero-order chi connectivity index (χ0) is 13.0. The third kappa shape index (κ3) is 3.13. The minimum Gasteiger partial charge on any atom is -0.466 e. The van der Waals surface area contributed by atoms with Crippen LogP contribution in [0.1, 0.15) is 25.3 Å². The number of rotatable bonds is 5. The number of carbonyl (C=O) groups is 1. The predicted molar refractivity (Wildman–Crippen MR) is 72.5 cm³/mol. The number of esters is 1. The van der Waals surface area contributed by atoms with Gasteiger partial charge in [-0.1, -0.05) is 6.07 Å². The first-order valence-corrected chi connectivity index (χ1v) is 6.34. The summed E-state index contributed by atoms with van der Waals surface area (Å²) >= 11 is 0. The van der Waals surface area contributed by atoms with Crippen molar-refractivity contribution in [1.29, 1.82) is 0 Å². The van der Waals surface area contributed by atoms with Gasteiger partial charge in [0.25, 0.3) is 0 Å². The van der Waals surface area contributed by atoms with Gasteiger partial charge < -0.3 is 9.30 Å². The number of aromatic nitrogens is 1. The van der Waals surface area contributed by atoms with E-state index in [0.29, 0.717) is 6.61 Å². The molecule has 0 aliphatic heterocycles. The maximum Gasteiger partial charge on any atom is 0.302 e. The second-order valence-corrected chi connectivity index (χ2v) is 4.62. The van der Waals surface area contributed by atoms with Crippen molar-refractivity contribution < 1.29 is 9.53 Å². The van der Waals surface area contributed by atoms with E-state index in [1.54, 1.807) is 0 Å². The van der Waals surface area contributed by atoms with Gasteiger partial charge in [0, 0.05) is 25.7 Å². The van der Waals surface area contributed by atoms with Crippen LogP contribution in [0.25, 0.3) is 10.9 Å². The lowest BCUT2D eigenvalue weighted by atomic mass is 10.1. The molecule has 0 bridgehead atoms. The van der Waals surface area contributed by atoms with E-state index in [1.807, 2.05) is 0 Å². The van der Waals surface area contributed by atoms with Crippen molar-refractivity contribution in [2.24, 2.45) is 7.05 Å². The average molecular weight is 245 g/mol. The van der Waals surface area contributed by atoms with Crippen LogP contribution in [0.15, 0.2) is 30.5 Å². The normalized spacial score (nSPS) is 10.8. The van der Waals surface area contributed by atoms with Gasteiger partial charge in [-0.3, -0.25) is 4.79 Å². The molecule has 0 aliphatic carbocycles. The summed E-state index contributed by atoms with van der Waals surface area (Å²) in [5, 5.41) is 1.29. The average Bonchev–Trinajstić information content (AvgIpc) is 2.70. The number of aryl methyl sites for hydroxylation is 2. The van der Waals surface area contributed by atoms with Crippen LogP contribution in [0.4, 0.5) is 0 Å². The molecular formula is C15H19NO2. The van der Waals surface area contributed by atoms with Crippen LogP contribution in [0.2, 0.25) is 0 Å². The number of benzene rings is 1. The van der Waals surface area contributed by atoms with Crippen LogP contribution >= 0.6 is 0 Å². The number of ether oxygens (including phenoxy) is 1. The SMILES string of the molecule is CC(=O)OCCCCc1ccc2c(ccn2C)c1. The third-order valence-corrected chi connectivity index (χ3v) is 3.11. The predicted octanol–water partition coefficient (Wildman–Crippen LogP) is 3.06. The van der Waals surface area contributed by atoms with Gasteiger partial charge in [0.2, 0.25) is 0 Å². The molecule has 3 heteroatoms. The highest BCUT2D eigenvalue weighted by Gasteiger charge is 2.00. The van der Waals surface area contributed by atoms with Gasteiger partial charge in [-0.2, -0.15) is 0 Å². The summed E-state index contributed by atoms with van der Waals surface area (Å²) in [6.45, 7) is 1.98. The lowest BCUT2D eigenvalue weighted by Gasteiger charge is -2.04. The Balaban J connectivity index is 1.86. The van der Waals surface area contributed by atoms with Gasteiger partial charge in [-0.05, 0) is 48.4 Å². The van der Waals surface area contributed by atoms with E-state index >= 15 is 0 Å². The Morgan fingerprint density at radius 3 is 2.89 bits per heavy atom. The second-order valence-electron chi connectivity index (χ2n) is 4.62. The topological polar surface area (TPSA) is 31.2 Å². The highest BCUT2D eigenvalue weighted by atomic mass is 16.5. The van der Waals surface area contributed by atoms with E-state index in [2.05, 4.69) is 42.1 Å². The monoisotopic (exact) mass is 245 g/mol. The first-order valence-electron chi connectivity index (χ1n) is 6.34. The number of hydrogen-bond donors (Lipinski definition) is 0. The molecule has 2 rings (SSSR count). The molecule has 0 spiro atoms. The lowest BCUT2D eigenvalue weighted by molar-refractivity contribution is -0.141. The number of nitrogens with zero attached hydrogens (tertiary/aromatic N) is 1. The van der Waals surface area contributed by atoms with Crippen molar-refractivity contribution in [1.82, 2.24) is 4.57 Å². The zero-order valence-electron chi connectivity index (χ0n) is 11.0. The maximum atomic E-state index is 10.6. The molecule has 0 saturated carbocycles. The van der Waals surface area contributed by atoms with Crippen LogP contribution in [-0.4, -0.2) is 17.1 Å². The molecule has 0 atom stereocenters. The molecular weight excluding hydrogens is 226 g/mol. The Labute approximate surface area is 107 Å². The summed E-state index contributed by atoms with van der Waals surface area (Å²) in [6.07, 6.45) is 5.08. The fourth-order valence-electron chi connectivity index (χ4n) is 2.13. The first kappa shape index (κ1) is 12.7. The molecule has 96 valence electrons. The second kappa shape index (κ2) is 5.71. The van der Waals surface area contributed by atoms with E-state index in [-0.39, 0.29) is 5.97 Å². The quantitative estimate of drug-likeness (QED) is 0.599. The van der Waals surface area contributed by atoms with Crippen molar-refractivity contribution in [3.05, 3.63) is 36.0 Å². The van der Waals surface area contributed by atoms with Crippen molar-refractivity contribution in [2.45, 2.75) is 26.2 Å². The van der Waals surface area contributed by atoms with Crippen LogP contribution < -0.4 is 0 Å². The third-order valence-electron chi connectivity index (χ3n) is 3.11. The standard InChI is InChI=1S/C15H19NO2/c1-12(17)18-10-4-3-5-13-6-7-15-14(11-13)8-9-16(15)2/h6-9,11H,3-5,10H2,1-2H3. The molecule has 0 amide bonds. The van der Waals surface area contributed by atoms with Crippen LogP contribution in [-0.2, 0) is 23.0 Å². The summed E-state index contributed by atoms with van der Waals surface area (Å²) in [6, 6.07) is 8.71. The minimum absolute atomic E-state index is 0.194. The lowest BCUT2D eigenvalue weighted by Crippen LogP contribution is -2.00. The van der Waals surface area contributed by atoms with Crippen molar-refractivity contribution >= 4 is 16.9 Å². The van der Waals surface area contributed by atoms with E-state index in [4.69, 9.17) is 4.74 Å². The van der Waals surface area contributed by atoms with Crippen molar-refractivity contribution in [3.63, 3.8) is 0 Å². The van der Waals surface area contributed by atoms with Gasteiger partial charge in [0.05, 0.1) is 6.61 Å². The molecule has 0 radical (unpaired) electrons. The minimum atomic E-state index is -0.194. The van der Waals surface area contributed by atoms with E-state index in [9.17, 15) is 4.79 Å². The van der Waals surface area contributed by atoms with E-state index in [1.165, 1.54) is 23.4 Å². The van der Waals surface area contributed by atoms with Crippen LogP contribution in [0, 0.1) is 0 Å². The molecule has 0 fully saturated rings. The smallest absolute Gasteiger partial charge is 0.302 e. The summed E-state index contributed by atoms with van der Waals surface area (Å²) in [5.41, 5.74) is 2.61. The first-order chi connectivity index (χ1) is 8.66. The van der Waals surface area contributed by atoms with Gasteiger partial charge in [0.1, 0.15) is 0 Å². The number of unbranched alkanes of at least 4 members (excludes halogenated alkanes) is 1. The summed E-state index contributed by atoms with van der Waals surface area (Å²) in [7, 11) is 2.06. The Hall–Kier alpha value is -1.77. The van der Waals surface area contributed by atoms with Gasteiger partial charge in [0.15, 0.2) is 0 Å². The van der Waals surface area contributed by atoms with Gasteiger partial charge in [-0.25, -0.2) is 0 Å². The maximum absolute atomic E-state index is 10.6. The van der Waals surface area contributed by atoms with Gasteiger partial charge >= 0.3 is 5.97 Å². The summed E-state index contributed by atoms with van der Waals surface area (Å²) in [5.74, 6) is -0.194. The molecule has 3 nitrogen and oxygen atoms in total. The van der Waals surface area contributed by atoms with Crippen LogP contribution in [0.5, 0.6) is 0 Å². The number of carbonyl (C=O) groups excluding carboxylic acids is 1. The van der Waals surface area contributed by atoms with Crippen molar-refractivity contribution in [3.8, 4) is 0 Å². The van der Waals surface area contributed by atoms with Gasteiger partial charge in [-0.15, -0.1) is 0 Å². The fraction of sp³-hybridized carbons (Fsp3) is 0.400. The van der Waals surface area contributed by atoms with E-state index < -0.39 is 0 Å². The molecule has 0 unspecified atom stereocenters. The largest absolute Gasteiger partial charge is 0.466 e. The number of hydrogen-bond acceptors (Lipinski definition) is 2. The molecule has 0 N–H and O–H groups in total. The molecule has 1 aromatic carbocycles. The molecule has 2 aromatic rings. The zero-order valence-corrected chi connectivity index (χ0v) is 11.0. The Morgan fingerprint density at radius 2 is 2.11 bits per heavy atom.